The highest BCUT2D eigenvalue weighted by Gasteiger charge is 2.35. The Morgan fingerprint density at radius 3 is 2.62 bits per heavy atom. The summed E-state index contributed by atoms with van der Waals surface area (Å²) in [5.41, 5.74) is -0.461. The SMILES string of the molecule is C[C@@H](Nc1ccc(Cl)nc1C(=O)O)c1cc(F)cn2c(=O)c(Br)c(N3CCC(F)(F)CC3)nc12. The number of anilines is 2. The van der Waals surface area contributed by atoms with E-state index in [1.807, 2.05) is 0 Å². The Balaban J connectivity index is 1.79. The molecule has 0 spiro atoms. The number of aromatic carboxylic acids is 1. The topological polar surface area (TPSA) is 99.8 Å². The predicted octanol–water partition coefficient (Wildman–Crippen LogP) is 4.75. The van der Waals surface area contributed by atoms with Crippen LogP contribution in [0, 0.1) is 5.82 Å². The zero-order valence-electron chi connectivity index (χ0n) is 17.7. The molecule has 0 bridgehead atoms. The molecule has 4 rings (SSSR count). The molecule has 3 aromatic heterocycles. The zero-order valence-corrected chi connectivity index (χ0v) is 20.0. The van der Waals surface area contributed by atoms with Crippen LogP contribution < -0.4 is 15.8 Å². The van der Waals surface area contributed by atoms with Crippen LogP contribution in [0.1, 0.15) is 41.9 Å². The number of pyridine rings is 2. The number of nitrogens with one attached hydrogen (secondary N) is 1. The first kappa shape index (κ1) is 24.3. The third-order valence-corrected chi connectivity index (χ3v) is 6.45. The van der Waals surface area contributed by atoms with Crippen molar-refractivity contribution >= 4 is 50.7 Å². The summed E-state index contributed by atoms with van der Waals surface area (Å²) in [4.78, 5) is 34.5. The molecule has 0 unspecified atom stereocenters. The predicted molar refractivity (Wildman–Crippen MR) is 124 cm³/mol. The first-order chi connectivity index (χ1) is 16.0. The average Bonchev–Trinajstić information content (AvgIpc) is 2.77. The molecule has 8 nitrogen and oxygen atoms in total. The minimum Gasteiger partial charge on any atom is -0.476 e. The van der Waals surface area contributed by atoms with Crippen LogP contribution in [-0.4, -0.2) is 44.5 Å². The maximum Gasteiger partial charge on any atom is 0.356 e. The third-order valence-electron chi connectivity index (χ3n) is 5.54. The number of halogens is 5. The molecule has 1 saturated heterocycles. The van der Waals surface area contributed by atoms with Gasteiger partial charge in [0.05, 0.1) is 11.7 Å². The van der Waals surface area contributed by atoms with Crippen molar-refractivity contribution in [1.82, 2.24) is 14.4 Å². The van der Waals surface area contributed by atoms with E-state index in [2.05, 4.69) is 31.2 Å². The third kappa shape index (κ3) is 4.69. The van der Waals surface area contributed by atoms with Crippen LogP contribution in [-0.2, 0) is 0 Å². The quantitative estimate of drug-likeness (QED) is 0.435. The maximum absolute atomic E-state index is 14.5. The Kier molecular flexibility index (Phi) is 6.47. The fourth-order valence-electron chi connectivity index (χ4n) is 3.80. The molecule has 0 radical (unpaired) electrons. The van der Waals surface area contributed by atoms with Gasteiger partial charge in [0.2, 0.25) is 0 Å². The highest BCUT2D eigenvalue weighted by Crippen LogP contribution is 2.33. The van der Waals surface area contributed by atoms with Crippen LogP contribution >= 0.6 is 27.5 Å². The van der Waals surface area contributed by atoms with E-state index < -0.39 is 29.3 Å². The van der Waals surface area contributed by atoms with Crippen LogP contribution in [0.4, 0.5) is 24.7 Å². The smallest absolute Gasteiger partial charge is 0.356 e. The van der Waals surface area contributed by atoms with Gasteiger partial charge in [-0.3, -0.25) is 9.20 Å². The fourth-order valence-corrected chi connectivity index (χ4v) is 4.48. The van der Waals surface area contributed by atoms with Gasteiger partial charge < -0.3 is 15.3 Å². The van der Waals surface area contributed by atoms with Gasteiger partial charge in [-0.15, -0.1) is 0 Å². The molecule has 2 N–H and O–H groups in total. The number of hydrogen-bond donors (Lipinski definition) is 2. The maximum atomic E-state index is 14.5. The molecule has 0 saturated carbocycles. The standard InChI is InChI=1S/C21H18BrClF3N5O3/c1-10(27-13-2-3-14(23)28-16(13)20(33)34)12-8-11(24)9-31-17(12)29-18(15(22)19(31)32)30-6-4-21(25,26)5-7-30/h2-3,8-10,27H,4-7H2,1H3,(H,33,34)/t10-/m1/s1. The highest BCUT2D eigenvalue weighted by molar-refractivity contribution is 9.10. The number of rotatable bonds is 5. The van der Waals surface area contributed by atoms with E-state index in [1.165, 1.54) is 18.2 Å². The Labute approximate surface area is 204 Å². The van der Waals surface area contributed by atoms with Crippen molar-refractivity contribution in [3.8, 4) is 0 Å². The molecule has 1 aliphatic rings. The van der Waals surface area contributed by atoms with Gasteiger partial charge in [-0.25, -0.2) is 27.9 Å². The Bertz CT molecular complexity index is 1340. The summed E-state index contributed by atoms with van der Waals surface area (Å²) in [6.07, 6.45) is 0.221. The molecule has 1 aliphatic heterocycles. The number of piperidine rings is 1. The lowest BCUT2D eigenvalue weighted by atomic mass is 10.1. The van der Waals surface area contributed by atoms with Crippen molar-refractivity contribution in [1.29, 1.82) is 0 Å². The number of fused-ring (bicyclic) bond motifs is 1. The second-order valence-electron chi connectivity index (χ2n) is 7.91. The number of carbonyl (C=O) groups is 1. The summed E-state index contributed by atoms with van der Waals surface area (Å²) in [5, 5.41) is 12.4. The molecule has 0 aromatic carbocycles. The van der Waals surface area contributed by atoms with E-state index in [0.29, 0.717) is 0 Å². The van der Waals surface area contributed by atoms with Gasteiger partial charge in [0.15, 0.2) is 11.5 Å². The molecular formula is C21H18BrClF3N5O3. The molecule has 0 amide bonds. The summed E-state index contributed by atoms with van der Waals surface area (Å²) in [6, 6.07) is 3.27. The highest BCUT2D eigenvalue weighted by atomic mass is 79.9. The van der Waals surface area contributed by atoms with Crippen LogP contribution in [0.25, 0.3) is 5.65 Å². The summed E-state index contributed by atoms with van der Waals surface area (Å²) in [5.74, 6) is -4.63. The Morgan fingerprint density at radius 1 is 1.29 bits per heavy atom. The summed E-state index contributed by atoms with van der Waals surface area (Å²) in [7, 11) is 0. The number of carboxylic acids is 1. The number of hydrogen-bond acceptors (Lipinski definition) is 6. The van der Waals surface area contributed by atoms with Gasteiger partial charge in [-0.1, -0.05) is 11.6 Å². The molecule has 13 heteroatoms. The number of aromatic nitrogens is 3. The zero-order chi connectivity index (χ0) is 24.8. The van der Waals surface area contributed by atoms with Crippen molar-refractivity contribution in [3.05, 3.63) is 61.5 Å². The summed E-state index contributed by atoms with van der Waals surface area (Å²) in [6.45, 7) is 1.62. The van der Waals surface area contributed by atoms with E-state index in [-0.39, 0.29) is 64.0 Å². The van der Waals surface area contributed by atoms with E-state index in [1.54, 1.807) is 11.8 Å². The van der Waals surface area contributed by atoms with Crippen LogP contribution in [0.5, 0.6) is 0 Å². The van der Waals surface area contributed by atoms with E-state index >= 15 is 0 Å². The van der Waals surface area contributed by atoms with Crippen molar-refractivity contribution in [3.63, 3.8) is 0 Å². The first-order valence-corrected chi connectivity index (χ1v) is 11.3. The van der Waals surface area contributed by atoms with Gasteiger partial charge >= 0.3 is 5.97 Å². The minimum atomic E-state index is -2.78. The summed E-state index contributed by atoms with van der Waals surface area (Å²) < 4.78 is 42.8. The monoisotopic (exact) mass is 559 g/mol. The van der Waals surface area contributed by atoms with Gasteiger partial charge in [-0.05, 0) is 41.1 Å². The molecule has 3 aromatic rings. The molecule has 0 aliphatic carbocycles. The first-order valence-electron chi connectivity index (χ1n) is 10.2. The number of alkyl halides is 2. The average molecular weight is 561 g/mol. The summed E-state index contributed by atoms with van der Waals surface area (Å²) >= 11 is 8.99. The normalized spacial score (nSPS) is 16.5. The van der Waals surface area contributed by atoms with Crippen molar-refractivity contribution in [2.24, 2.45) is 0 Å². The largest absolute Gasteiger partial charge is 0.476 e. The second-order valence-corrected chi connectivity index (χ2v) is 9.09. The lowest BCUT2D eigenvalue weighted by molar-refractivity contribution is -0.0221. The molecule has 1 atom stereocenters. The Hall–Kier alpha value is -2.86. The van der Waals surface area contributed by atoms with Crippen LogP contribution in [0.2, 0.25) is 5.15 Å². The Morgan fingerprint density at radius 2 is 1.97 bits per heavy atom. The van der Waals surface area contributed by atoms with Crippen LogP contribution in [0.15, 0.2) is 33.7 Å². The van der Waals surface area contributed by atoms with Gasteiger partial charge in [0, 0.05) is 37.7 Å². The molecular weight excluding hydrogens is 543 g/mol. The van der Waals surface area contributed by atoms with Gasteiger partial charge in [-0.2, -0.15) is 0 Å². The lowest BCUT2D eigenvalue weighted by Crippen LogP contribution is -2.40. The van der Waals surface area contributed by atoms with E-state index in [9.17, 15) is 27.9 Å². The number of carboxylic acid groups (broad SMARTS) is 1. The van der Waals surface area contributed by atoms with Crippen LogP contribution in [0.3, 0.4) is 0 Å². The van der Waals surface area contributed by atoms with Crippen molar-refractivity contribution < 1.29 is 23.1 Å². The fraction of sp³-hybridized carbons (Fsp3) is 0.333. The molecule has 1 fully saturated rings. The molecule has 4 heterocycles. The van der Waals surface area contributed by atoms with E-state index in [4.69, 9.17) is 11.6 Å². The van der Waals surface area contributed by atoms with Crippen molar-refractivity contribution in [2.45, 2.75) is 31.7 Å². The van der Waals surface area contributed by atoms with Gasteiger partial charge in [0.25, 0.3) is 11.5 Å². The lowest BCUT2D eigenvalue weighted by Gasteiger charge is -2.33. The minimum absolute atomic E-state index is 0.00302. The van der Waals surface area contributed by atoms with E-state index in [0.717, 1.165) is 10.6 Å². The molecule has 34 heavy (non-hydrogen) atoms. The second kappa shape index (κ2) is 9.06. The number of nitrogens with zero attached hydrogens (tertiary/aromatic N) is 4. The van der Waals surface area contributed by atoms with Crippen molar-refractivity contribution in [2.75, 3.05) is 23.3 Å². The molecule has 180 valence electrons. The van der Waals surface area contributed by atoms with Gasteiger partial charge in [0.1, 0.15) is 21.1 Å².